The standard InChI is InChI=1S/C17H21BrN2O4/c1-12-4-2-3-9-20(12)15(21)11-24-16(22)10-19-17(23)13-5-7-14(18)8-6-13/h5-8,12H,2-4,9-11H2,1H3,(H,19,23)/t12-/m1/s1. The van der Waals surface area contributed by atoms with Crippen molar-refractivity contribution in [3.8, 4) is 0 Å². The van der Waals surface area contributed by atoms with Crippen LogP contribution < -0.4 is 5.32 Å². The average Bonchev–Trinajstić information content (AvgIpc) is 2.58. The Morgan fingerprint density at radius 2 is 1.96 bits per heavy atom. The summed E-state index contributed by atoms with van der Waals surface area (Å²) in [6.07, 6.45) is 3.07. The van der Waals surface area contributed by atoms with E-state index in [1.165, 1.54) is 0 Å². The molecule has 0 saturated carbocycles. The van der Waals surface area contributed by atoms with Gasteiger partial charge < -0.3 is 15.0 Å². The maximum Gasteiger partial charge on any atom is 0.325 e. The second-order valence-corrected chi connectivity index (χ2v) is 6.70. The van der Waals surface area contributed by atoms with Crippen molar-refractivity contribution in [3.05, 3.63) is 34.3 Å². The topological polar surface area (TPSA) is 75.7 Å². The molecule has 1 heterocycles. The first-order chi connectivity index (χ1) is 11.5. The van der Waals surface area contributed by atoms with E-state index < -0.39 is 5.97 Å². The molecule has 0 bridgehead atoms. The number of hydrogen-bond acceptors (Lipinski definition) is 4. The van der Waals surface area contributed by atoms with Gasteiger partial charge in [0.25, 0.3) is 11.8 Å². The number of carbonyl (C=O) groups excluding carboxylic acids is 3. The Balaban J connectivity index is 1.72. The average molecular weight is 397 g/mol. The van der Waals surface area contributed by atoms with E-state index in [1.54, 1.807) is 29.2 Å². The van der Waals surface area contributed by atoms with E-state index in [9.17, 15) is 14.4 Å². The number of halogens is 1. The highest BCUT2D eigenvalue weighted by Crippen LogP contribution is 2.16. The van der Waals surface area contributed by atoms with Crippen LogP contribution in [-0.4, -0.2) is 48.4 Å². The third-order valence-electron chi connectivity index (χ3n) is 3.98. The third-order valence-corrected chi connectivity index (χ3v) is 4.51. The second-order valence-electron chi connectivity index (χ2n) is 5.78. The lowest BCUT2D eigenvalue weighted by Crippen LogP contribution is -2.44. The zero-order chi connectivity index (χ0) is 17.5. The summed E-state index contributed by atoms with van der Waals surface area (Å²) in [6.45, 7) is 2.16. The molecule has 0 aliphatic carbocycles. The summed E-state index contributed by atoms with van der Waals surface area (Å²) < 4.78 is 5.82. The van der Waals surface area contributed by atoms with Gasteiger partial charge in [0.1, 0.15) is 6.54 Å². The minimum absolute atomic E-state index is 0.182. The van der Waals surface area contributed by atoms with Crippen molar-refractivity contribution in [3.63, 3.8) is 0 Å². The van der Waals surface area contributed by atoms with Gasteiger partial charge in [0, 0.05) is 22.6 Å². The van der Waals surface area contributed by atoms with E-state index >= 15 is 0 Å². The predicted octanol–water partition coefficient (Wildman–Crippen LogP) is 2.12. The number of carbonyl (C=O) groups is 3. The molecule has 1 aliphatic heterocycles. The summed E-state index contributed by atoms with van der Waals surface area (Å²) in [5, 5.41) is 2.48. The predicted molar refractivity (Wildman–Crippen MR) is 92.5 cm³/mol. The molecule has 0 unspecified atom stereocenters. The monoisotopic (exact) mass is 396 g/mol. The Morgan fingerprint density at radius 1 is 1.25 bits per heavy atom. The zero-order valence-corrected chi connectivity index (χ0v) is 15.2. The lowest BCUT2D eigenvalue weighted by Gasteiger charge is -2.33. The van der Waals surface area contributed by atoms with Crippen LogP contribution in [0.4, 0.5) is 0 Å². The Bertz CT molecular complexity index is 603. The van der Waals surface area contributed by atoms with E-state index in [-0.39, 0.29) is 31.0 Å². The van der Waals surface area contributed by atoms with Gasteiger partial charge in [-0.25, -0.2) is 0 Å². The maximum atomic E-state index is 12.1. The maximum absolute atomic E-state index is 12.1. The van der Waals surface area contributed by atoms with Crippen molar-refractivity contribution in [2.24, 2.45) is 0 Å². The van der Waals surface area contributed by atoms with Crippen molar-refractivity contribution < 1.29 is 19.1 Å². The number of likely N-dealkylation sites (tertiary alicyclic amines) is 1. The molecule has 1 atom stereocenters. The van der Waals surface area contributed by atoms with Crippen molar-refractivity contribution in [2.75, 3.05) is 19.7 Å². The Labute approximate surface area is 149 Å². The van der Waals surface area contributed by atoms with Crippen molar-refractivity contribution >= 4 is 33.7 Å². The lowest BCUT2D eigenvalue weighted by molar-refractivity contribution is -0.152. The van der Waals surface area contributed by atoms with Crippen LogP contribution in [0.2, 0.25) is 0 Å². The highest BCUT2D eigenvalue weighted by molar-refractivity contribution is 9.10. The fourth-order valence-corrected chi connectivity index (χ4v) is 2.86. The quantitative estimate of drug-likeness (QED) is 0.773. The highest BCUT2D eigenvalue weighted by Gasteiger charge is 2.23. The first-order valence-electron chi connectivity index (χ1n) is 7.96. The number of hydrogen-bond donors (Lipinski definition) is 1. The number of nitrogens with one attached hydrogen (secondary N) is 1. The minimum Gasteiger partial charge on any atom is -0.454 e. The molecular formula is C17H21BrN2O4. The van der Waals surface area contributed by atoms with Crippen molar-refractivity contribution in [2.45, 2.75) is 32.2 Å². The summed E-state index contributed by atoms with van der Waals surface area (Å²) in [5.41, 5.74) is 0.448. The van der Waals surface area contributed by atoms with Crippen molar-refractivity contribution in [1.82, 2.24) is 10.2 Å². The molecule has 24 heavy (non-hydrogen) atoms. The number of benzene rings is 1. The Morgan fingerprint density at radius 3 is 2.62 bits per heavy atom. The summed E-state index contributed by atoms with van der Waals surface area (Å²) in [5.74, 6) is -1.18. The first-order valence-corrected chi connectivity index (χ1v) is 8.75. The van der Waals surface area contributed by atoms with Gasteiger partial charge in [-0.05, 0) is 50.5 Å². The summed E-state index contributed by atoms with van der Waals surface area (Å²) >= 11 is 3.29. The minimum atomic E-state index is -0.626. The van der Waals surface area contributed by atoms with Gasteiger partial charge in [-0.1, -0.05) is 15.9 Å². The second kappa shape index (κ2) is 8.82. The summed E-state index contributed by atoms with van der Waals surface area (Å²) in [4.78, 5) is 37.4. The van der Waals surface area contributed by atoms with Gasteiger partial charge in [-0.15, -0.1) is 0 Å². The SMILES string of the molecule is C[C@@H]1CCCCN1C(=O)COC(=O)CNC(=O)c1ccc(Br)cc1. The van der Waals surface area contributed by atoms with Crippen LogP contribution in [0.25, 0.3) is 0 Å². The number of amides is 2. The molecule has 2 rings (SSSR count). The van der Waals surface area contributed by atoms with E-state index in [1.807, 2.05) is 6.92 Å². The lowest BCUT2D eigenvalue weighted by atomic mass is 10.0. The number of piperidine rings is 1. The smallest absolute Gasteiger partial charge is 0.325 e. The molecule has 0 aromatic heterocycles. The molecule has 0 spiro atoms. The third kappa shape index (κ3) is 5.33. The molecule has 2 amide bonds. The summed E-state index contributed by atoms with van der Waals surface area (Å²) in [7, 11) is 0. The van der Waals surface area contributed by atoms with Crippen LogP contribution in [0.3, 0.4) is 0 Å². The molecule has 1 aliphatic rings. The van der Waals surface area contributed by atoms with Crippen LogP contribution in [0, 0.1) is 0 Å². The zero-order valence-electron chi connectivity index (χ0n) is 13.6. The van der Waals surface area contributed by atoms with Crippen molar-refractivity contribution in [1.29, 1.82) is 0 Å². The van der Waals surface area contributed by atoms with Gasteiger partial charge in [0.2, 0.25) is 0 Å². The number of esters is 1. The number of nitrogens with zero attached hydrogens (tertiary/aromatic N) is 1. The first kappa shape index (κ1) is 18.4. The number of rotatable bonds is 5. The number of ether oxygens (including phenoxy) is 1. The van der Waals surface area contributed by atoms with Gasteiger partial charge in [0.15, 0.2) is 6.61 Å². The molecule has 7 heteroatoms. The van der Waals surface area contributed by atoms with Gasteiger partial charge in [-0.2, -0.15) is 0 Å². The fraction of sp³-hybridized carbons (Fsp3) is 0.471. The molecule has 1 N–H and O–H groups in total. The molecule has 0 radical (unpaired) electrons. The largest absolute Gasteiger partial charge is 0.454 e. The van der Waals surface area contributed by atoms with Crippen LogP contribution in [-0.2, 0) is 14.3 Å². The Kier molecular flexibility index (Phi) is 6.78. The molecular weight excluding hydrogens is 376 g/mol. The van der Waals surface area contributed by atoms with Crippen LogP contribution >= 0.6 is 15.9 Å². The van der Waals surface area contributed by atoms with E-state index in [0.29, 0.717) is 12.1 Å². The molecule has 1 saturated heterocycles. The molecule has 130 valence electrons. The molecule has 6 nitrogen and oxygen atoms in total. The normalized spacial score (nSPS) is 17.2. The Hall–Kier alpha value is -1.89. The van der Waals surface area contributed by atoms with E-state index in [4.69, 9.17) is 4.74 Å². The molecule has 1 aromatic rings. The van der Waals surface area contributed by atoms with Crippen LogP contribution in [0.15, 0.2) is 28.7 Å². The van der Waals surface area contributed by atoms with Gasteiger partial charge in [0.05, 0.1) is 0 Å². The molecule has 1 fully saturated rings. The highest BCUT2D eigenvalue weighted by atomic mass is 79.9. The van der Waals surface area contributed by atoms with E-state index in [0.717, 1.165) is 23.7 Å². The van der Waals surface area contributed by atoms with Gasteiger partial charge >= 0.3 is 5.97 Å². The summed E-state index contributed by atoms with van der Waals surface area (Å²) in [6, 6.07) is 6.96. The van der Waals surface area contributed by atoms with E-state index in [2.05, 4.69) is 21.2 Å². The fourth-order valence-electron chi connectivity index (χ4n) is 2.60. The van der Waals surface area contributed by atoms with Gasteiger partial charge in [-0.3, -0.25) is 14.4 Å². The molecule has 1 aromatic carbocycles. The van der Waals surface area contributed by atoms with Crippen LogP contribution in [0.5, 0.6) is 0 Å². The van der Waals surface area contributed by atoms with Crippen LogP contribution in [0.1, 0.15) is 36.5 Å².